The smallest absolute Gasteiger partial charge is 0.227 e. The second-order valence-corrected chi connectivity index (χ2v) is 7.37. The Bertz CT molecular complexity index is 1040. The van der Waals surface area contributed by atoms with Gasteiger partial charge in [-0.3, -0.25) is 9.59 Å². The number of Topliss-reactive ketones (excluding diaryl/α,β-unsaturated/α-hetero) is 1. The van der Waals surface area contributed by atoms with Crippen LogP contribution in [-0.4, -0.2) is 29.3 Å². The van der Waals surface area contributed by atoms with Crippen molar-refractivity contribution in [3.8, 4) is 11.1 Å². The maximum atomic E-state index is 12.1. The number of ketones is 1. The van der Waals surface area contributed by atoms with Gasteiger partial charge in [-0.1, -0.05) is 51.1 Å². The molecule has 2 aromatic carbocycles. The number of hydrogen-bond acceptors (Lipinski definition) is 3. The fourth-order valence-electron chi connectivity index (χ4n) is 4.00. The number of nitrogens with two attached hydrogens (primary N) is 1. The molecule has 3 aromatic rings. The number of aromatic amines is 1. The maximum Gasteiger partial charge on any atom is 0.227 e. The first kappa shape index (κ1) is 21.8. The summed E-state index contributed by atoms with van der Waals surface area (Å²) in [5, 5.41) is 1.08. The van der Waals surface area contributed by atoms with Crippen molar-refractivity contribution >= 4 is 28.3 Å². The van der Waals surface area contributed by atoms with Crippen LogP contribution in [0.4, 0.5) is 5.69 Å². The SMILES string of the molecule is CC.CCC(=O)C(N)Cc1c[nH]c2c(-c3cccc(N4CCCC4=O)c3)cccc12. The summed E-state index contributed by atoms with van der Waals surface area (Å²) in [5.41, 5.74) is 11.2. The van der Waals surface area contributed by atoms with Gasteiger partial charge in [0.15, 0.2) is 0 Å². The zero-order chi connectivity index (χ0) is 21.7. The van der Waals surface area contributed by atoms with Gasteiger partial charge in [-0.05, 0) is 36.1 Å². The van der Waals surface area contributed by atoms with Gasteiger partial charge < -0.3 is 15.6 Å². The minimum Gasteiger partial charge on any atom is -0.360 e. The molecule has 0 saturated carbocycles. The Hall–Kier alpha value is -2.92. The normalized spacial score (nSPS) is 14.5. The summed E-state index contributed by atoms with van der Waals surface area (Å²) in [6, 6.07) is 13.8. The molecule has 5 nitrogen and oxygen atoms in total. The average Bonchev–Trinajstić information content (AvgIpc) is 3.40. The first-order chi connectivity index (χ1) is 14.6. The predicted octanol–water partition coefficient (Wildman–Crippen LogP) is 4.84. The monoisotopic (exact) mass is 405 g/mol. The van der Waals surface area contributed by atoms with Gasteiger partial charge in [0.05, 0.1) is 11.6 Å². The van der Waals surface area contributed by atoms with E-state index in [-0.39, 0.29) is 11.7 Å². The van der Waals surface area contributed by atoms with E-state index in [1.807, 2.05) is 50.1 Å². The number of anilines is 1. The molecular weight excluding hydrogens is 374 g/mol. The van der Waals surface area contributed by atoms with E-state index < -0.39 is 6.04 Å². The van der Waals surface area contributed by atoms with Crippen LogP contribution >= 0.6 is 0 Å². The van der Waals surface area contributed by atoms with Gasteiger partial charge in [0.25, 0.3) is 0 Å². The van der Waals surface area contributed by atoms with Crippen LogP contribution in [0.2, 0.25) is 0 Å². The molecule has 0 spiro atoms. The van der Waals surface area contributed by atoms with E-state index in [4.69, 9.17) is 5.73 Å². The van der Waals surface area contributed by atoms with Crippen molar-refractivity contribution < 1.29 is 9.59 Å². The van der Waals surface area contributed by atoms with Crippen molar-refractivity contribution in [2.24, 2.45) is 5.73 Å². The third kappa shape index (κ3) is 4.31. The summed E-state index contributed by atoms with van der Waals surface area (Å²) < 4.78 is 0. The number of carbonyl (C=O) groups excluding carboxylic acids is 2. The Morgan fingerprint density at radius 3 is 2.67 bits per heavy atom. The molecule has 1 atom stereocenters. The summed E-state index contributed by atoms with van der Waals surface area (Å²) in [5.74, 6) is 0.264. The number of aromatic nitrogens is 1. The fourth-order valence-corrected chi connectivity index (χ4v) is 4.00. The lowest BCUT2D eigenvalue weighted by Gasteiger charge is -2.17. The van der Waals surface area contributed by atoms with Crippen molar-refractivity contribution in [1.82, 2.24) is 4.98 Å². The summed E-state index contributed by atoms with van der Waals surface area (Å²) in [4.78, 5) is 29.2. The predicted molar refractivity (Wildman–Crippen MR) is 124 cm³/mol. The third-order valence-corrected chi connectivity index (χ3v) is 5.55. The molecule has 4 rings (SSSR count). The van der Waals surface area contributed by atoms with Crippen molar-refractivity contribution in [1.29, 1.82) is 0 Å². The minimum atomic E-state index is -0.475. The number of amides is 1. The second kappa shape index (κ2) is 9.72. The minimum absolute atomic E-state index is 0.0773. The first-order valence-corrected chi connectivity index (χ1v) is 10.9. The number of nitrogens with one attached hydrogen (secondary N) is 1. The highest BCUT2D eigenvalue weighted by Crippen LogP contribution is 2.33. The standard InChI is InChI=1S/C23H25N3O2.C2H6/c1-2-21(27)20(24)13-16-14-25-23-18(8-4-9-19(16)23)15-6-3-7-17(12-15)26-11-5-10-22(26)28;1-2/h3-4,6-9,12,14,20,25H,2,5,10-11,13,24H2,1H3;1-2H3. The van der Waals surface area contributed by atoms with Crippen LogP contribution in [0.5, 0.6) is 0 Å². The lowest BCUT2D eigenvalue weighted by atomic mass is 9.98. The second-order valence-electron chi connectivity index (χ2n) is 7.37. The van der Waals surface area contributed by atoms with E-state index in [0.29, 0.717) is 19.3 Å². The zero-order valence-corrected chi connectivity index (χ0v) is 18.1. The molecule has 158 valence electrons. The fraction of sp³-hybridized carbons (Fsp3) is 0.360. The van der Waals surface area contributed by atoms with Crippen LogP contribution in [-0.2, 0) is 16.0 Å². The molecule has 30 heavy (non-hydrogen) atoms. The third-order valence-electron chi connectivity index (χ3n) is 5.55. The van der Waals surface area contributed by atoms with Crippen LogP contribution in [0.15, 0.2) is 48.7 Å². The lowest BCUT2D eigenvalue weighted by molar-refractivity contribution is -0.120. The quantitative estimate of drug-likeness (QED) is 0.616. The highest BCUT2D eigenvalue weighted by Gasteiger charge is 2.22. The number of carbonyl (C=O) groups is 2. The number of benzene rings is 2. The van der Waals surface area contributed by atoms with Gasteiger partial charge >= 0.3 is 0 Å². The number of fused-ring (bicyclic) bond motifs is 1. The van der Waals surface area contributed by atoms with Crippen LogP contribution in [0.1, 0.15) is 45.6 Å². The molecule has 1 saturated heterocycles. The highest BCUT2D eigenvalue weighted by molar-refractivity contribution is 5.99. The largest absolute Gasteiger partial charge is 0.360 e. The van der Waals surface area contributed by atoms with Crippen LogP contribution < -0.4 is 10.6 Å². The van der Waals surface area contributed by atoms with Gasteiger partial charge in [-0.25, -0.2) is 0 Å². The van der Waals surface area contributed by atoms with E-state index in [9.17, 15) is 9.59 Å². The topological polar surface area (TPSA) is 79.2 Å². The van der Waals surface area contributed by atoms with Gasteiger partial charge in [0.2, 0.25) is 5.91 Å². The Balaban J connectivity index is 0.00000124. The van der Waals surface area contributed by atoms with Crippen LogP contribution in [0.3, 0.4) is 0 Å². The molecule has 1 aliphatic heterocycles. The van der Waals surface area contributed by atoms with Crippen LogP contribution in [0, 0.1) is 0 Å². The Morgan fingerprint density at radius 1 is 1.20 bits per heavy atom. The van der Waals surface area contributed by atoms with E-state index in [1.165, 1.54) is 0 Å². The molecule has 1 unspecified atom stereocenters. The highest BCUT2D eigenvalue weighted by atomic mass is 16.2. The summed E-state index contributed by atoms with van der Waals surface area (Å²) >= 11 is 0. The first-order valence-electron chi connectivity index (χ1n) is 10.9. The number of nitrogens with zero attached hydrogens (tertiary/aromatic N) is 1. The lowest BCUT2D eigenvalue weighted by Crippen LogP contribution is -2.31. The van der Waals surface area contributed by atoms with Gasteiger partial charge in [-0.15, -0.1) is 0 Å². The van der Waals surface area contributed by atoms with Crippen molar-refractivity contribution in [3.63, 3.8) is 0 Å². The van der Waals surface area contributed by atoms with Gasteiger partial charge in [0, 0.05) is 42.2 Å². The Labute approximate surface area is 178 Å². The molecular formula is C25H31N3O2. The summed E-state index contributed by atoms with van der Waals surface area (Å²) in [7, 11) is 0. The average molecular weight is 406 g/mol. The number of para-hydroxylation sites is 1. The van der Waals surface area contributed by atoms with Gasteiger partial charge in [-0.2, -0.15) is 0 Å². The molecule has 0 radical (unpaired) electrons. The molecule has 1 fully saturated rings. The molecule has 0 bridgehead atoms. The molecule has 1 aromatic heterocycles. The van der Waals surface area contributed by atoms with Crippen molar-refractivity contribution in [3.05, 3.63) is 54.2 Å². The zero-order valence-electron chi connectivity index (χ0n) is 18.1. The molecule has 2 heterocycles. The Kier molecular flexibility index (Phi) is 7.06. The molecule has 1 amide bonds. The number of rotatable bonds is 6. The van der Waals surface area contributed by atoms with E-state index in [2.05, 4.69) is 29.2 Å². The Morgan fingerprint density at radius 2 is 1.97 bits per heavy atom. The molecule has 3 N–H and O–H groups in total. The van der Waals surface area contributed by atoms with E-state index in [0.717, 1.165) is 46.2 Å². The summed E-state index contributed by atoms with van der Waals surface area (Å²) in [6.07, 6.45) is 4.46. The molecule has 0 aliphatic carbocycles. The van der Waals surface area contributed by atoms with Crippen LogP contribution in [0.25, 0.3) is 22.0 Å². The van der Waals surface area contributed by atoms with Crippen molar-refractivity contribution in [2.45, 2.75) is 52.5 Å². The molecule has 5 heteroatoms. The number of hydrogen-bond donors (Lipinski definition) is 2. The maximum absolute atomic E-state index is 12.1. The summed E-state index contributed by atoms with van der Waals surface area (Å²) in [6.45, 7) is 6.62. The van der Waals surface area contributed by atoms with E-state index in [1.54, 1.807) is 0 Å². The number of H-pyrrole nitrogens is 1. The van der Waals surface area contributed by atoms with Gasteiger partial charge in [0.1, 0.15) is 5.78 Å². The van der Waals surface area contributed by atoms with E-state index >= 15 is 0 Å². The molecule has 1 aliphatic rings. The van der Waals surface area contributed by atoms with Crippen molar-refractivity contribution in [2.75, 3.05) is 11.4 Å².